The van der Waals surface area contributed by atoms with Crippen LogP contribution in [0.3, 0.4) is 0 Å². The van der Waals surface area contributed by atoms with Crippen LogP contribution in [0.1, 0.15) is 31.6 Å². The van der Waals surface area contributed by atoms with Crippen LogP contribution in [0.15, 0.2) is 28.8 Å². The van der Waals surface area contributed by atoms with Crippen molar-refractivity contribution in [3.63, 3.8) is 0 Å². The van der Waals surface area contributed by atoms with Gasteiger partial charge in [-0.2, -0.15) is 4.98 Å². The maximum absolute atomic E-state index is 12.5. The molecule has 0 spiro atoms. The summed E-state index contributed by atoms with van der Waals surface area (Å²) in [5.74, 6) is 2.48. The Balaban J connectivity index is 1.32. The van der Waals surface area contributed by atoms with E-state index < -0.39 is 0 Å². The molecule has 2 aromatic rings. The smallest absolute Gasteiger partial charge is 0.241 e. The fourth-order valence-electron chi connectivity index (χ4n) is 3.92. The highest BCUT2D eigenvalue weighted by Gasteiger charge is 2.30. The number of hydrogen-bond acceptors (Lipinski definition) is 6. The first-order chi connectivity index (χ1) is 13.2. The molecular weight excluding hydrogens is 344 g/mol. The maximum Gasteiger partial charge on any atom is 0.241 e. The first-order valence-electron chi connectivity index (χ1n) is 9.71. The second-order valence-corrected chi connectivity index (χ2v) is 7.33. The zero-order valence-electron chi connectivity index (χ0n) is 15.8. The van der Waals surface area contributed by atoms with Crippen molar-refractivity contribution in [2.24, 2.45) is 5.92 Å². The molecule has 1 amide bonds. The summed E-state index contributed by atoms with van der Waals surface area (Å²) in [5.41, 5.74) is 0.874. The summed E-state index contributed by atoms with van der Waals surface area (Å²) >= 11 is 0. The van der Waals surface area contributed by atoms with Gasteiger partial charge in [0.25, 0.3) is 0 Å². The quantitative estimate of drug-likeness (QED) is 0.806. The van der Waals surface area contributed by atoms with Crippen molar-refractivity contribution >= 4 is 5.91 Å². The normalized spacial score (nSPS) is 18.8. The number of aromatic nitrogens is 2. The number of carbonyl (C=O) groups excluding carboxylic acids is 1. The number of carbonyl (C=O) groups is 1. The summed E-state index contributed by atoms with van der Waals surface area (Å²) in [6.07, 6.45) is 4.12. The minimum Gasteiger partial charge on any atom is -0.497 e. The minimum atomic E-state index is 0.175. The number of hydrogen-bond donors (Lipinski definition) is 0. The maximum atomic E-state index is 12.5. The van der Waals surface area contributed by atoms with E-state index in [9.17, 15) is 4.79 Å². The van der Waals surface area contributed by atoms with E-state index in [1.165, 1.54) is 0 Å². The van der Waals surface area contributed by atoms with E-state index in [-0.39, 0.29) is 5.92 Å². The number of likely N-dealkylation sites (tertiary alicyclic amines) is 2. The molecule has 1 aromatic carbocycles. The van der Waals surface area contributed by atoms with E-state index in [1.807, 2.05) is 29.2 Å². The summed E-state index contributed by atoms with van der Waals surface area (Å²) < 4.78 is 10.7. The van der Waals surface area contributed by atoms with Crippen LogP contribution in [0.5, 0.6) is 5.75 Å². The zero-order chi connectivity index (χ0) is 18.6. The van der Waals surface area contributed by atoms with Crippen molar-refractivity contribution in [1.82, 2.24) is 19.9 Å². The van der Waals surface area contributed by atoms with Gasteiger partial charge in [-0.15, -0.1) is 0 Å². The highest BCUT2D eigenvalue weighted by molar-refractivity contribution is 5.79. The Labute approximate surface area is 159 Å². The van der Waals surface area contributed by atoms with E-state index in [4.69, 9.17) is 9.26 Å². The van der Waals surface area contributed by atoms with Crippen LogP contribution in [-0.4, -0.2) is 59.1 Å². The molecule has 0 unspecified atom stereocenters. The monoisotopic (exact) mass is 370 g/mol. The molecule has 7 heteroatoms. The van der Waals surface area contributed by atoms with Gasteiger partial charge in [-0.1, -0.05) is 17.3 Å². The summed E-state index contributed by atoms with van der Waals surface area (Å²) in [5, 5.41) is 4.09. The van der Waals surface area contributed by atoms with Gasteiger partial charge in [0.15, 0.2) is 0 Å². The van der Waals surface area contributed by atoms with Crippen molar-refractivity contribution in [3.05, 3.63) is 30.2 Å². The summed E-state index contributed by atoms with van der Waals surface area (Å²) in [7, 11) is 1.64. The van der Waals surface area contributed by atoms with Gasteiger partial charge < -0.3 is 14.2 Å². The third kappa shape index (κ3) is 4.13. The standard InChI is InChI=1S/C20H26N4O3/c1-26-17-6-4-5-16(13-17)19-21-18(27-22-19)14-23-11-7-15(8-12-23)20(25)24-9-2-3-10-24/h4-6,13,15H,2-3,7-12,14H2,1H3. The fraction of sp³-hybridized carbons (Fsp3) is 0.550. The zero-order valence-corrected chi connectivity index (χ0v) is 15.8. The van der Waals surface area contributed by atoms with Gasteiger partial charge in [-0.05, 0) is 50.9 Å². The molecule has 144 valence electrons. The number of ether oxygens (including phenoxy) is 1. The fourth-order valence-corrected chi connectivity index (χ4v) is 3.92. The predicted octanol–water partition coefficient (Wildman–Crippen LogP) is 2.58. The molecule has 27 heavy (non-hydrogen) atoms. The van der Waals surface area contributed by atoms with Crippen molar-refractivity contribution in [3.8, 4) is 17.1 Å². The van der Waals surface area contributed by atoms with Gasteiger partial charge in [-0.25, -0.2) is 0 Å². The second kappa shape index (κ2) is 8.08. The Morgan fingerprint density at radius 2 is 2.00 bits per heavy atom. The average molecular weight is 370 g/mol. The predicted molar refractivity (Wildman–Crippen MR) is 100 cm³/mol. The molecule has 0 bridgehead atoms. The topological polar surface area (TPSA) is 71.7 Å². The van der Waals surface area contributed by atoms with E-state index >= 15 is 0 Å². The third-order valence-corrected chi connectivity index (χ3v) is 5.51. The summed E-state index contributed by atoms with van der Waals surface area (Å²) in [6, 6.07) is 7.63. The Bertz CT molecular complexity index is 777. The molecular formula is C20H26N4O3. The van der Waals surface area contributed by atoms with Crippen molar-refractivity contribution in [2.45, 2.75) is 32.2 Å². The van der Waals surface area contributed by atoms with Crippen molar-refractivity contribution in [2.75, 3.05) is 33.3 Å². The lowest BCUT2D eigenvalue weighted by atomic mass is 9.95. The van der Waals surface area contributed by atoms with Gasteiger partial charge in [0.1, 0.15) is 5.75 Å². The van der Waals surface area contributed by atoms with Gasteiger partial charge in [0, 0.05) is 24.6 Å². The number of nitrogens with zero attached hydrogens (tertiary/aromatic N) is 4. The summed E-state index contributed by atoms with van der Waals surface area (Å²) in [4.78, 5) is 21.4. The Kier molecular flexibility index (Phi) is 5.38. The Morgan fingerprint density at radius 3 is 2.74 bits per heavy atom. The molecule has 4 rings (SSSR count). The van der Waals surface area contributed by atoms with Crippen LogP contribution in [0.2, 0.25) is 0 Å². The molecule has 0 N–H and O–H groups in total. The van der Waals surface area contributed by atoms with Crippen molar-refractivity contribution < 1.29 is 14.1 Å². The van der Waals surface area contributed by atoms with Gasteiger partial charge in [0.2, 0.25) is 17.6 Å². The molecule has 2 aliphatic heterocycles. The van der Waals surface area contributed by atoms with E-state index in [2.05, 4.69) is 15.0 Å². The SMILES string of the molecule is COc1cccc(-c2noc(CN3CCC(C(=O)N4CCCC4)CC3)n2)c1. The van der Waals surface area contributed by atoms with Gasteiger partial charge in [0.05, 0.1) is 13.7 Å². The molecule has 0 saturated carbocycles. The largest absolute Gasteiger partial charge is 0.497 e. The average Bonchev–Trinajstić information content (AvgIpc) is 3.40. The van der Waals surface area contributed by atoms with Gasteiger partial charge >= 0.3 is 0 Å². The molecule has 0 aliphatic carbocycles. The third-order valence-electron chi connectivity index (χ3n) is 5.51. The van der Waals surface area contributed by atoms with Crippen LogP contribution in [0, 0.1) is 5.92 Å². The molecule has 2 fully saturated rings. The first-order valence-corrected chi connectivity index (χ1v) is 9.71. The molecule has 2 aliphatic rings. The minimum absolute atomic E-state index is 0.175. The number of amides is 1. The highest BCUT2D eigenvalue weighted by atomic mass is 16.5. The van der Waals surface area contributed by atoms with Crippen LogP contribution >= 0.6 is 0 Å². The number of rotatable bonds is 5. The lowest BCUT2D eigenvalue weighted by Crippen LogP contribution is -2.41. The van der Waals surface area contributed by atoms with Gasteiger partial charge in [-0.3, -0.25) is 9.69 Å². The van der Waals surface area contributed by atoms with Crippen LogP contribution in [0.4, 0.5) is 0 Å². The summed E-state index contributed by atoms with van der Waals surface area (Å²) in [6.45, 7) is 4.28. The van der Waals surface area contributed by atoms with Crippen LogP contribution < -0.4 is 4.74 Å². The molecule has 0 radical (unpaired) electrons. The Hall–Kier alpha value is -2.41. The molecule has 1 aromatic heterocycles. The molecule has 7 nitrogen and oxygen atoms in total. The van der Waals surface area contributed by atoms with Crippen LogP contribution in [-0.2, 0) is 11.3 Å². The number of benzene rings is 1. The molecule has 0 atom stereocenters. The Morgan fingerprint density at radius 1 is 1.22 bits per heavy atom. The molecule has 3 heterocycles. The van der Waals surface area contributed by atoms with Crippen molar-refractivity contribution in [1.29, 1.82) is 0 Å². The molecule has 2 saturated heterocycles. The first kappa shape index (κ1) is 18.0. The lowest BCUT2D eigenvalue weighted by Gasteiger charge is -2.32. The van der Waals surface area contributed by atoms with Crippen LogP contribution in [0.25, 0.3) is 11.4 Å². The number of methoxy groups -OCH3 is 1. The second-order valence-electron chi connectivity index (χ2n) is 7.33. The van der Waals surface area contributed by atoms with E-state index in [0.717, 1.165) is 63.2 Å². The van der Waals surface area contributed by atoms with E-state index in [0.29, 0.717) is 24.2 Å². The number of piperidine rings is 1. The van der Waals surface area contributed by atoms with E-state index in [1.54, 1.807) is 7.11 Å². The highest BCUT2D eigenvalue weighted by Crippen LogP contribution is 2.24. The lowest BCUT2D eigenvalue weighted by molar-refractivity contribution is -0.136.